The van der Waals surface area contributed by atoms with Crippen molar-refractivity contribution < 1.29 is 14.3 Å². The molecule has 0 N–H and O–H groups in total. The zero-order valence-corrected chi connectivity index (χ0v) is 8.95. The molecule has 0 aliphatic heterocycles. The van der Waals surface area contributed by atoms with Crippen LogP contribution in [0.3, 0.4) is 0 Å². The Morgan fingerprint density at radius 3 is 2.87 bits per heavy atom. The van der Waals surface area contributed by atoms with Crippen molar-refractivity contribution >= 4 is 11.8 Å². The van der Waals surface area contributed by atoms with Crippen LogP contribution in [0.1, 0.15) is 20.3 Å². The van der Waals surface area contributed by atoms with Gasteiger partial charge in [-0.2, -0.15) is 0 Å². The number of hydrogen-bond donors (Lipinski definition) is 0. The highest BCUT2D eigenvalue weighted by atomic mass is 16.6. The first-order valence-electron chi connectivity index (χ1n) is 4.73. The van der Waals surface area contributed by atoms with Crippen molar-refractivity contribution in [3.8, 4) is 0 Å². The van der Waals surface area contributed by atoms with Crippen LogP contribution >= 0.6 is 0 Å². The molecule has 1 aliphatic carbocycles. The monoisotopic (exact) mass is 206 g/mol. The standard InChI is InChI=1S/C12H14O3/c1-4-6-10-7-5-8-12(3,11(10)14)15-9(2)13/h4-5,7-8H,1,6H2,2-3H3. The van der Waals surface area contributed by atoms with E-state index in [-0.39, 0.29) is 5.78 Å². The quantitative estimate of drug-likeness (QED) is 0.523. The zero-order chi connectivity index (χ0) is 11.5. The topological polar surface area (TPSA) is 43.4 Å². The van der Waals surface area contributed by atoms with Gasteiger partial charge in [0.05, 0.1) is 0 Å². The number of carbonyl (C=O) groups is 2. The third-order valence-electron chi connectivity index (χ3n) is 2.17. The minimum atomic E-state index is -1.15. The summed E-state index contributed by atoms with van der Waals surface area (Å²) in [6.45, 7) is 6.45. The van der Waals surface area contributed by atoms with Crippen LogP contribution in [0.5, 0.6) is 0 Å². The van der Waals surface area contributed by atoms with E-state index in [1.54, 1.807) is 31.2 Å². The molecule has 0 fully saturated rings. The molecule has 0 heterocycles. The van der Waals surface area contributed by atoms with Crippen molar-refractivity contribution in [3.63, 3.8) is 0 Å². The van der Waals surface area contributed by atoms with Crippen LogP contribution in [0, 0.1) is 0 Å². The van der Waals surface area contributed by atoms with Crippen LogP contribution in [0.25, 0.3) is 0 Å². The lowest BCUT2D eigenvalue weighted by atomic mass is 9.88. The Hall–Kier alpha value is -1.64. The lowest BCUT2D eigenvalue weighted by molar-refractivity contribution is -0.157. The molecule has 0 aromatic rings. The van der Waals surface area contributed by atoms with Gasteiger partial charge in [-0.05, 0) is 19.4 Å². The van der Waals surface area contributed by atoms with E-state index in [0.29, 0.717) is 12.0 Å². The van der Waals surface area contributed by atoms with Gasteiger partial charge in [-0.25, -0.2) is 0 Å². The average molecular weight is 206 g/mol. The highest BCUT2D eigenvalue weighted by Crippen LogP contribution is 2.24. The molecule has 0 aromatic heterocycles. The van der Waals surface area contributed by atoms with Crippen molar-refractivity contribution in [2.45, 2.75) is 25.9 Å². The van der Waals surface area contributed by atoms with Crippen molar-refractivity contribution in [2.24, 2.45) is 0 Å². The number of rotatable bonds is 3. The molecule has 3 nitrogen and oxygen atoms in total. The molecule has 1 aliphatic rings. The molecule has 0 amide bonds. The lowest BCUT2D eigenvalue weighted by Gasteiger charge is -2.27. The summed E-state index contributed by atoms with van der Waals surface area (Å²) in [7, 11) is 0. The number of Topliss-reactive ketones (excluding diaryl/α,β-unsaturated/α-hetero) is 1. The molecule has 1 rings (SSSR count). The molecule has 1 atom stereocenters. The molecule has 80 valence electrons. The van der Waals surface area contributed by atoms with Crippen molar-refractivity contribution in [3.05, 3.63) is 36.5 Å². The summed E-state index contributed by atoms with van der Waals surface area (Å²) >= 11 is 0. The fourth-order valence-corrected chi connectivity index (χ4v) is 1.51. The second-order valence-electron chi connectivity index (χ2n) is 3.57. The van der Waals surface area contributed by atoms with Gasteiger partial charge in [-0.3, -0.25) is 9.59 Å². The first-order chi connectivity index (χ1) is 6.99. The third-order valence-corrected chi connectivity index (χ3v) is 2.17. The summed E-state index contributed by atoms with van der Waals surface area (Å²) in [5.41, 5.74) is -0.546. The van der Waals surface area contributed by atoms with Gasteiger partial charge in [0.15, 0.2) is 5.60 Å². The molecular formula is C12H14O3. The van der Waals surface area contributed by atoms with Crippen LogP contribution in [0.15, 0.2) is 36.5 Å². The second-order valence-corrected chi connectivity index (χ2v) is 3.57. The fourth-order valence-electron chi connectivity index (χ4n) is 1.51. The highest BCUT2D eigenvalue weighted by Gasteiger charge is 2.36. The fraction of sp³-hybridized carbons (Fsp3) is 0.333. The Bertz CT molecular complexity index is 363. The Morgan fingerprint density at radius 2 is 2.33 bits per heavy atom. The second kappa shape index (κ2) is 4.26. The van der Waals surface area contributed by atoms with E-state index in [4.69, 9.17) is 4.74 Å². The van der Waals surface area contributed by atoms with E-state index in [1.165, 1.54) is 6.92 Å². The number of esters is 1. The number of carbonyl (C=O) groups excluding carboxylic acids is 2. The van der Waals surface area contributed by atoms with E-state index in [2.05, 4.69) is 6.58 Å². The van der Waals surface area contributed by atoms with Gasteiger partial charge >= 0.3 is 5.97 Å². The van der Waals surface area contributed by atoms with Gasteiger partial charge in [-0.15, -0.1) is 6.58 Å². The molecule has 3 heteroatoms. The Balaban J connectivity index is 2.92. The first kappa shape index (κ1) is 11.4. The summed E-state index contributed by atoms with van der Waals surface area (Å²) in [5.74, 6) is -0.643. The minimum Gasteiger partial charge on any atom is -0.447 e. The van der Waals surface area contributed by atoms with Gasteiger partial charge in [-0.1, -0.05) is 18.2 Å². The van der Waals surface area contributed by atoms with Crippen LogP contribution in [0.4, 0.5) is 0 Å². The Labute approximate surface area is 89.1 Å². The lowest BCUT2D eigenvalue weighted by Crippen LogP contribution is -2.40. The molecule has 0 saturated carbocycles. The number of ether oxygens (including phenoxy) is 1. The minimum absolute atomic E-state index is 0.180. The van der Waals surface area contributed by atoms with Crippen LogP contribution in [0.2, 0.25) is 0 Å². The third kappa shape index (κ3) is 2.43. The molecule has 0 radical (unpaired) electrons. The smallest absolute Gasteiger partial charge is 0.303 e. The van der Waals surface area contributed by atoms with Crippen LogP contribution < -0.4 is 0 Å². The maximum absolute atomic E-state index is 11.9. The molecule has 15 heavy (non-hydrogen) atoms. The van der Waals surface area contributed by atoms with E-state index in [0.717, 1.165) is 0 Å². The number of hydrogen-bond acceptors (Lipinski definition) is 3. The van der Waals surface area contributed by atoms with Crippen molar-refractivity contribution in [1.29, 1.82) is 0 Å². The Kier molecular flexibility index (Phi) is 3.24. The van der Waals surface area contributed by atoms with Gasteiger partial charge in [0.2, 0.25) is 5.78 Å². The molecule has 0 spiro atoms. The Morgan fingerprint density at radius 1 is 1.67 bits per heavy atom. The van der Waals surface area contributed by atoms with E-state index in [1.807, 2.05) is 0 Å². The van der Waals surface area contributed by atoms with E-state index >= 15 is 0 Å². The highest BCUT2D eigenvalue weighted by molar-refractivity contribution is 6.05. The summed E-state index contributed by atoms with van der Waals surface area (Å²) in [6.07, 6.45) is 7.17. The van der Waals surface area contributed by atoms with Crippen LogP contribution in [-0.2, 0) is 14.3 Å². The van der Waals surface area contributed by atoms with Gasteiger partial charge in [0.1, 0.15) is 0 Å². The van der Waals surface area contributed by atoms with E-state index < -0.39 is 11.6 Å². The molecule has 1 unspecified atom stereocenters. The van der Waals surface area contributed by atoms with Gasteiger partial charge in [0.25, 0.3) is 0 Å². The maximum atomic E-state index is 11.9. The predicted octanol–water partition coefficient (Wildman–Crippen LogP) is 1.95. The van der Waals surface area contributed by atoms with Crippen molar-refractivity contribution in [1.82, 2.24) is 0 Å². The zero-order valence-electron chi connectivity index (χ0n) is 8.95. The first-order valence-corrected chi connectivity index (χ1v) is 4.73. The maximum Gasteiger partial charge on any atom is 0.303 e. The molecule has 0 bridgehead atoms. The number of ketones is 1. The van der Waals surface area contributed by atoms with Gasteiger partial charge in [0, 0.05) is 12.5 Å². The largest absolute Gasteiger partial charge is 0.447 e. The molecule has 0 saturated heterocycles. The normalized spacial score (nSPS) is 24.7. The van der Waals surface area contributed by atoms with E-state index in [9.17, 15) is 9.59 Å². The summed E-state index contributed by atoms with van der Waals surface area (Å²) in [6, 6.07) is 0. The predicted molar refractivity (Wildman–Crippen MR) is 57.2 cm³/mol. The van der Waals surface area contributed by atoms with Crippen molar-refractivity contribution in [2.75, 3.05) is 0 Å². The average Bonchev–Trinajstić information content (AvgIpc) is 2.12. The summed E-state index contributed by atoms with van der Waals surface area (Å²) in [5, 5.41) is 0. The SMILES string of the molecule is C=CCC1=CC=CC(C)(OC(C)=O)C1=O. The van der Waals surface area contributed by atoms with Gasteiger partial charge < -0.3 is 4.74 Å². The summed E-state index contributed by atoms with van der Waals surface area (Å²) in [4.78, 5) is 22.8. The summed E-state index contributed by atoms with van der Waals surface area (Å²) < 4.78 is 5.02. The molecule has 0 aromatic carbocycles. The molecular weight excluding hydrogens is 192 g/mol. The van der Waals surface area contributed by atoms with Crippen LogP contribution in [-0.4, -0.2) is 17.4 Å². The number of allylic oxidation sites excluding steroid dienone is 3.